The molecular weight excluding hydrogens is 192 g/mol. The molecule has 16 heavy (non-hydrogen) atoms. The third kappa shape index (κ3) is 3.14. The van der Waals surface area contributed by atoms with E-state index in [0.717, 1.165) is 0 Å². The van der Waals surface area contributed by atoms with Crippen molar-refractivity contribution in [1.29, 1.82) is 0 Å². The van der Waals surface area contributed by atoms with Crippen LogP contribution in [0, 0.1) is 17.8 Å². The fraction of sp³-hybridized carbons (Fsp3) is 0.500. The number of aryl methyl sites for hydroxylation is 1. The molecule has 0 aromatic heterocycles. The Labute approximate surface area is 99.1 Å². The zero-order chi connectivity index (χ0) is 11.2. The van der Waals surface area contributed by atoms with Gasteiger partial charge in [0, 0.05) is 11.5 Å². The Morgan fingerprint density at radius 3 is 2.81 bits per heavy atom. The zero-order valence-corrected chi connectivity index (χ0v) is 10.1. The lowest BCUT2D eigenvalue weighted by Crippen LogP contribution is -1.88. The average molecular weight is 212 g/mol. The Morgan fingerprint density at radius 1 is 1.25 bits per heavy atom. The maximum Gasteiger partial charge on any atom is 0.0248 e. The smallest absolute Gasteiger partial charge is 0.0248 e. The quantitative estimate of drug-likeness (QED) is 0.645. The van der Waals surface area contributed by atoms with Crippen LogP contribution >= 0.6 is 0 Å². The van der Waals surface area contributed by atoms with Crippen LogP contribution in [0.5, 0.6) is 0 Å². The van der Waals surface area contributed by atoms with Crippen LogP contribution in [0.15, 0.2) is 24.3 Å². The van der Waals surface area contributed by atoms with Crippen LogP contribution in [0.1, 0.15) is 50.2 Å². The van der Waals surface area contributed by atoms with Gasteiger partial charge in [-0.3, -0.25) is 0 Å². The highest BCUT2D eigenvalue weighted by molar-refractivity contribution is 5.37. The van der Waals surface area contributed by atoms with Gasteiger partial charge >= 0.3 is 0 Å². The third-order valence-corrected chi connectivity index (χ3v) is 3.24. The lowest BCUT2D eigenvalue weighted by atomic mass is 10.1. The van der Waals surface area contributed by atoms with Gasteiger partial charge in [-0.25, -0.2) is 0 Å². The highest BCUT2D eigenvalue weighted by Gasteiger charge is 2.11. The predicted octanol–water partition coefficient (Wildman–Crippen LogP) is 4.18. The number of hydrogen-bond acceptors (Lipinski definition) is 0. The fourth-order valence-electron chi connectivity index (χ4n) is 2.35. The molecule has 0 aliphatic heterocycles. The Kier molecular flexibility index (Phi) is 4.05. The molecule has 0 radical (unpaired) electrons. The lowest BCUT2D eigenvalue weighted by molar-refractivity contribution is 0.712. The predicted molar refractivity (Wildman–Crippen MR) is 69.3 cm³/mol. The summed E-state index contributed by atoms with van der Waals surface area (Å²) in [5, 5.41) is 0. The molecule has 0 saturated heterocycles. The molecule has 0 nitrogen and oxygen atoms in total. The molecule has 1 fully saturated rings. The molecule has 84 valence electrons. The number of rotatable bonds is 2. The second kappa shape index (κ2) is 5.75. The van der Waals surface area contributed by atoms with Gasteiger partial charge in [-0.05, 0) is 37.0 Å². The molecule has 1 aromatic rings. The first-order valence-electron chi connectivity index (χ1n) is 6.49. The van der Waals surface area contributed by atoms with Crippen molar-refractivity contribution in [2.24, 2.45) is 5.92 Å². The van der Waals surface area contributed by atoms with E-state index < -0.39 is 0 Å². The van der Waals surface area contributed by atoms with Gasteiger partial charge in [0.05, 0.1) is 0 Å². The number of benzene rings is 1. The third-order valence-electron chi connectivity index (χ3n) is 3.24. The van der Waals surface area contributed by atoms with Gasteiger partial charge in [0.2, 0.25) is 0 Å². The van der Waals surface area contributed by atoms with Crippen molar-refractivity contribution in [3.63, 3.8) is 0 Å². The van der Waals surface area contributed by atoms with Gasteiger partial charge < -0.3 is 0 Å². The molecule has 1 aliphatic rings. The van der Waals surface area contributed by atoms with Crippen molar-refractivity contribution in [2.45, 2.75) is 45.4 Å². The molecule has 1 aromatic carbocycles. The van der Waals surface area contributed by atoms with E-state index in [0.29, 0.717) is 5.92 Å². The topological polar surface area (TPSA) is 0 Å². The molecule has 1 aliphatic carbocycles. The van der Waals surface area contributed by atoms with Gasteiger partial charge in [-0.15, -0.1) is 0 Å². The molecule has 0 heteroatoms. The van der Waals surface area contributed by atoms with Crippen LogP contribution in [0.4, 0.5) is 0 Å². The van der Waals surface area contributed by atoms with Crippen LogP contribution < -0.4 is 0 Å². The maximum atomic E-state index is 3.42. The maximum absolute atomic E-state index is 3.42. The summed E-state index contributed by atoms with van der Waals surface area (Å²) >= 11 is 0. The second-order valence-corrected chi connectivity index (χ2v) is 4.70. The highest BCUT2D eigenvalue weighted by atomic mass is 14.1. The first-order valence-corrected chi connectivity index (χ1v) is 6.49. The van der Waals surface area contributed by atoms with E-state index in [9.17, 15) is 0 Å². The number of hydrogen-bond donors (Lipinski definition) is 0. The Morgan fingerprint density at radius 2 is 2.06 bits per heavy atom. The van der Waals surface area contributed by atoms with Crippen LogP contribution in [-0.4, -0.2) is 0 Å². The minimum Gasteiger partial charge on any atom is -0.0945 e. The van der Waals surface area contributed by atoms with Crippen molar-refractivity contribution in [2.75, 3.05) is 0 Å². The summed E-state index contributed by atoms with van der Waals surface area (Å²) < 4.78 is 0. The first kappa shape index (κ1) is 11.3. The summed E-state index contributed by atoms with van der Waals surface area (Å²) in [6.45, 7) is 2.22. The Hall–Kier alpha value is -1.22. The van der Waals surface area contributed by atoms with Crippen molar-refractivity contribution < 1.29 is 0 Å². The molecule has 0 spiro atoms. The van der Waals surface area contributed by atoms with Gasteiger partial charge in [0.1, 0.15) is 0 Å². The summed E-state index contributed by atoms with van der Waals surface area (Å²) in [5.74, 6) is 7.41. The van der Waals surface area contributed by atoms with Crippen LogP contribution in [0.2, 0.25) is 0 Å². The standard InChI is InChI=1S/C16H20/c1-2-6-15-9-5-10-16(13-15)12-11-14-7-3-4-8-14/h5,9-10,13-14H,2-4,6-8H2,1H3. The minimum absolute atomic E-state index is 0.662. The Balaban J connectivity index is 2.05. The summed E-state index contributed by atoms with van der Waals surface area (Å²) in [7, 11) is 0. The van der Waals surface area contributed by atoms with Crippen molar-refractivity contribution >= 4 is 0 Å². The summed E-state index contributed by atoms with van der Waals surface area (Å²) in [6, 6.07) is 8.69. The average Bonchev–Trinajstić information content (AvgIpc) is 2.80. The largest absolute Gasteiger partial charge is 0.0945 e. The van der Waals surface area contributed by atoms with Crippen molar-refractivity contribution in [1.82, 2.24) is 0 Å². The molecule has 0 unspecified atom stereocenters. The normalized spacial score (nSPS) is 15.8. The summed E-state index contributed by atoms with van der Waals surface area (Å²) in [4.78, 5) is 0. The van der Waals surface area contributed by atoms with Crippen molar-refractivity contribution in [3.8, 4) is 11.8 Å². The van der Waals surface area contributed by atoms with E-state index in [1.807, 2.05) is 0 Å². The van der Waals surface area contributed by atoms with E-state index in [1.165, 1.54) is 49.7 Å². The van der Waals surface area contributed by atoms with Gasteiger partial charge in [-0.2, -0.15) is 0 Å². The lowest BCUT2D eigenvalue weighted by Gasteiger charge is -1.99. The first-order chi connectivity index (χ1) is 7.88. The highest BCUT2D eigenvalue weighted by Crippen LogP contribution is 2.23. The zero-order valence-electron chi connectivity index (χ0n) is 10.1. The SMILES string of the molecule is CCCc1cccc(C#CC2CCCC2)c1. The van der Waals surface area contributed by atoms with Gasteiger partial charge in [-0.1, -0.05) is 50.2 Å². The van der Waals surface area contributed by atoms with Gasteiger partial charge in [0.15, 0.2) is 0 Å². The van der Waals surface area contributed by atoms with E-state index in [-0.39, 0.29) is 0 Å². The molecule has 0 amide bonds. The van der Waals surface area contributed by atoms with E-state index in [2.05, 4.69) is 43.0 Å². The van der Waals surface area contributed by atoms with E-state index in [1.54, 1.807) is 0 Å². The van der Waals surface area contributed by atoms with Crippen LogP contribution in [-0.2, 0) is 6.42 Å². The fourth-order valence-corrected chi connectivity index (χ4v) is 2.35. The molecule has 0 bridgehead atoms. The van der Waals surface area contributed by atoms with E-state index >= 15 is 0 Å². The van der Waals surface area contributed by atoms with Crippen LogP contribution in [0.3, 0.4) is 0 Å². The minimum atomic E-state index is 0.662. The molecule has 2 rings (SSSR count). The van der Waals surface area contributed by atoms with Crippen molar-refractivity contribution in [3.05, 3.63) is 35.4 Å². The molecule has 0 atom stereocenters. The van der Waals surface area contributed by atoms with Crippen LogP contribution in [0.25, 0.3) is 0 Å². The molecule has 0 heterocycles. The molecule has 1 saturated carbocycles. The second-order valence-electron chi connectivity index (χ2n) is 4.70. The van der Waals surface area contributed by atoms with E-state index in [4.69, 9.17) is 0 Å². The summed E-state index contributed by atoms with van der Waals surface area (Å²) in [5.41, 5.74) is 2.61. The monoisotopic (exact) mass is 212 g/mol. The Bertz CT molecular complexity index is 386. The molecular formula is C16H20. The molecule has 0 N–H and O–H groups in total. The van der Waals surface area contributed by atoms with Gasteiger partial charge in [0.25, 0.3) is 0 Å². The summed E-state index contributed by atoms with van der Waals surface area (Å²) in [6.07, 6.45) is 7.73.